The molecule has 0 atom stereocenters. The average Bonchev–Trinajstić information content (AvgIpc) is 2.92. The maximum Gasteiger partial charge on any atom is 0.240 e. The highest BCUT2D eigenvalue weighted by Gasteiger charge is 2.07. The van der Waals surface area contributed by atoms with Gasteiger partial charge in [-0.2, -0.15) is 0 Å². The minimum atomic E-state index is -0.377. The van der Waals surface area contributed by atoms with E-state index in [1.807, 2.05) is 18.2 Å². The van der Waals surface area contributed by atoms with Crippen molar-refractivity contribution >= 4 is 55.6 Å². The van der Waals surface area contributed by atoms with Crippen molar-refractivity contribution in [3.63, 3.8) is 0 Å². The second kappa shape index (κ2) is 7.59. The highest BCUT2D eigenvalue weighted by molar-refractivity contribution is 9.11. The first kappa shape index (κ1) is 17.3. The van der Waals surface area contributed by atoms with Gasteiger partial charge in [-0.15, -0.1) is 10.2 Å². The molecule has 0 saturated heterocycles. The summed E-state index contributed by atoms with van der Waals surface area (Å²) in [5.41, 5.74) is 1.71. The molecular formula is C17H10Br2ClFN2O. The van der Waals surface area contributed by atoms with Crippen LogP contribution in [0.5, 0.6) is 0 Å². The number of halogens is 4. The first-order valence-corrected chi connectivity index (χ1v) is 8.86. The Labute approximate surface area is 159 Å². The Morgan fingerprint density at radius 1 is 1.04 bits per heavy atom. The molecule has 0 amide bonds. The van der Waals surface area contributed by atoms with Crippen molar-refractivity contribution in [2.75, 3.05) is 0 Å². The fourth-order valence-electron chi connectivity index (χ4n) is 2.09. The lowest BCUT2D eigenvalue weighted by atomic mass is 10.1. The highest BCUT2D eigenvalue weighted by Crippen LogP contribution is 2.22. The van der Waals surface area contributed by atoms with Crippen LogP contribution in [0.1, 0.15) is 22.9 Å². The van der Waals surface area contributed by atoms with Crippen molar-refractivity contribution in [3.05, 3.63) is 79.1 Å². The Balaban J connectivity index is 1.74. The Bertz CT molecular complexity index is 891. The van der Waals surface area contributed by atoms with E-state index in [0.717, 1.165) is 14.5 Å². The van der Waals surface area contributed by atoms with Gasteiger partial charge in [-0.05, 0) is 47.5 Å². The van der Waals surface area contributed by atoms with Gasteiger partial charge in [-0.25, -0.2) is 4.39 Å². The van der Waals surface area contributed by atoms with Crippen molar-refractivity contribution < 1.29 is 8.81 Å². The predicted molar refractivity (Wildman–Crippen MR) is 99.3 cm³/mol. The summed E-state index contributed by atoms with van der Waals surface area (Å²) in [6, 6.07) is 10.1. The van der Waals surface area contributed by atoms with Crippen LogP contribution >= 0.6 is 43.5 Å². The summed E-state index contributed by atoms with van der Waals surface area (Å²) in [7, 11) is 0. The molecule has 3 nitrogen and oxygen atoms in total. The van der Waals surface area contributed by atoms with E-state index < -0.39 is 0 Å². The van der Waals surface area contributed by atoms with E-state index in [-0.39, 0.29) is 5.82 Å². The molecule has 0 unspecified atom stereocenters. The van der Waals surface area contributed by atoms with Gasteiger partial charge in [-0.3, -0.25) is 0 Å². The SMILES string of the molecule is Fc1ccc(/C=C/c2nnc(Cc3cc(Br)cc(Br)c3)o2)c(Cl)c1. The van der Waals surface area contributed by atoms with Gasteiger partial charge in [0, 0.05) is 15.0 Å². The molecule has 1 aromatic heterocycles. The number of hydrogen-bond acceptors (Lipinski definition) is 3. The number of hydrogen-bond donors (Lipinski definition) is 0. The fraction of sp³-hybridized carbons (Fsp3) is 0.0588. The Kier molecular flexibility index (Phi) is 5.48. The molecule has 1 heterocycles. The third-order valence-corrected chi connectivity index (χ3v) is 4.37. The second-order valence-corrected chi connectivity index (χ2v) is 7.23. The van der Waals surface area contributed by atoms with E-state index in [1.165, 1.54) is 12.1 Å². The van der Waals surface area contributed by atoms with Gasteiger partial charge < -0.3 is 4.42 Å². The molecule has 0 fully saturated rings. The zero-order valence-electron chi connectivity index (χ0n) is 12.1. The maximum absolute atomic E-state index is 13.0. The summed E-state index contributed by atoms with van der Waals surface area (Å²) in [4.78, 5) is 0. The van der Waals surface area contributed by atoms with Crippen molar-refractivity contribution in [2.24, 2.45) is 0 Å². The first-order chi connectivity index (χ1) is 11.5. The van der Waals surface area contributed by atoms with Crippen LogP contribution in [-0.4, -0.2) is 10.2 Å². The molecule has 0 aliphatic carbocycles. The van der Waals surface area contributed by atoms with Crippen molar-refractivity contribution in [1.29, 1.82) is 0 Å². The number of aromatic nitrogens is 2. The Hall–Kier alpha value is -1.50. The quantitative estimate of drug-likeness (QED) is 0.457. The van der Waals surface area contributed by atoms with Gasteiger partial charge in [0.1, 0.15) is 5.82 Å². The molecule has 7 heteroatoms. The Morgan fingerprint density at radius 2 is 1.79 bits per heavy atom. The smallest absolute Gasteiger partial charge is 0.240 e. The summed E-state index contributed by atoms with van der Waals surface area (Å²) in [5, 5.41) is 8.33. The van der Waals surface area contributed by atoms with Gasteiger partial charge in [0.25, 0.3) is 0 Å². The van der Waals surface area contributed by atoms with Crippen LogP contribution in [0.25, 0.3) is 12.2 Å². The van der Waals surface area contributed by atoms with Crippen LogP contribution in [-0.2, 0) is 6.42 Å². The van der Waals surface area contributed by atoms with Gasteiger partial charge in [0.15, 0.2) is 0 Å². The normalized spacial score (nSPS) is 11.3. The zero-order valence-corrected chi connectivity index (χ0v) is 16.1. The van der Waals surface area contributed by atoms with Crippen LogP contribution in [0.3, 0.4) is 0 Å². The third kappa shape index (κ3) is 4.53. The van der Waals surface area contributed by atoms with Crippen LogP contribution in [0.2, 0.25) is 5.02 Å². The molecule has 3 aromatic rings. The molecule has 0 bridgehead atoms. The summed E-state index contributed by atoms with van der Waals surface area (Å²) >= 11 is 12.9. The molecule has 0 spiro atoms. The molecule has 0 aliphatic heterocycles. The van der Waals surface area contributed by atoms with Crippen molar-refractivity contribution in [1.82, 2.24) is 10.2 Å². The minimum Gasteiger partial charge on any atom is -0.421 e. The molecule has 0 radical (unpaired) electrons. The zero-order chi connectivity index (χ0) is 17.1. The Morgan fingerprint density at radius 3 is 2.50 bits per heavy atom. The molecular weight excluding hydrogens is 462 g/mol. The monoisotopic (exact) mass is 470 g/mol. The molecule has 0 saturated carbocycles. The fourth-order valence-corrected chi connectivity index (χ4v) is 3.71. The summed E-state index contributed by atoms with van der Waals surface area (Å²) in [6.45, 7) is 0. The number of rotatable bonds is 4. The van der Waals surface area contributed by atoms with E-state index in [4.69, 9.17) is 16.0 Å². The number of benzene rings is 2. The summed E-state index contributed by atoms with van der Waals surface area (Å²) in [5.74, 6) is 0.488. The van der Waals surface area contributed by atoms with E-state index in [1.54, 1.807) is 18.2 Å². The van der Waals surface area contributed by atoms with E-state index in [0.29, 0.717) is 28.8 Å². The largest absolute Gasteiger partial charge is 0.421 e. The van der Waals surface area contributed by atoms with E-state index >= 15 is 0 Å². The van der Waals surface area contributed by atoms with Crippen molar-refractivity contribution in [2.45, 2.75) is 6.42 Å². The van der Waals surface area contributed by atoms with Gasteiger partial charge in [0.2, 0.25) is 11.8 Å². The lowest BCUT2D eigenvalue weighted by Gasteiger charge is -2.00. The topological polar surface area (TPSA) is 38.9 Å². The van der Waals surface area contributed by atoms with Crippen molar-refractivity contribution in [3.8, 4) is 0 Å². The van der Waals surface area contributed by atoms with Crippen LogP contribution in [0.15, 0.2) is 49.8 Å². The first-order valence-electron chi connectivity index (χ1n) is 6.90. The summed E-state index contributed by atoms with van der Waals surface area (Å²) in [6.07, 6.45) is 3.87. The molecule has 122 valence electrons. The molecule has 3 rings (SSSR count). The highest BCUT2D eigenvalue weighted by atomic mass is 79.9. The van der Waals surface area contributed by atoms with E-state index in [2.05, 4.69) is 42.1 Å². The number of nitrogens with zero attached hydrogens (tertiary/aromatic N) is 2. The molecule has 0 aliphatic rings. The molecule has 2 aromatic carbocycles. The summed E-state index contributed by atoms with van der Waals surface area (Å²) < 4.78 is 20.6. The molecule has 0 N–H and O–H groups in total. The maximum atomic E-state index is 13.0. The van der Waals surface area contributed by atoms with Crippen LogP contribution in [0.4, 0.5) is 4.39 Å². The van der Waals surface area contributed by atoms with Gasteiger partial charge >= 0.3 is 0 Å². The standard InChI is InChI=1S/C17H10Br2ClFN2O/c18-12-5-10(6-13(19)8-12)7-17-23-22-16(24-17)4-2-11-1-3-14(21)9-15(11)20/h1-6,8-9H,7H2/b4-2+. The molecule has 24 heavy (non-hydrogen) atoms. The lowest BCUT2D eigenvalue weighted by Crippen LogP contribution is -1.88. The third-order valence-electron chi connectivity index (χ3n) is 3.13. The van der Waals surface area contributed by atoms with Gasteiger partial charge in [-0.1, -0.05) is 49.5 Å². The van der Waals surface area contributed by atoms with Crippen LogP contribution in [0, 0.1) is 5.82 Å². The van der Waals surface area contributed by atoms with Crippen LogP contribution < -0.4 is 0 Å². The van der Waals surface area contributed by atoms with Gasteiger partial charge in [0.05, 0.1) is 11.4 Å². The van der Waals surface area contributed by atoms with E-state index in [9.17, 15) is 4.39 Å². The predicted octanol–water partition coefficient (Wildman–Crippen LogP) is 6.15. The second-order valence-electron chi connectivity index (χ2n) is 4.99. The lowest BCUT2D eigenvalue weighted by molar-refractivity contribution is 0.496. The minimum absolute atomic E-state index is 0.324. The average molecular weight is 473 g/mol.